The first-order valence-electron chi connectivity index (χ1n) is 26.2. The molecule has 3 saturated carbocycles. The Hall–Kier alpha value is -1.44. The van der Waals surface area contributed by atoms with Crippen LogP contribution in [-0.2, 0) is 37.9 Å². The molecule has 15 N–H and O–H groups in total. The molecule has 0 aromatic heterocycles. The molecular formula is C50H82O23. The molecule has 0 amide bonds. The largest absolute Gasteiger partial charge is 0.396 e. The van der Waals surface area contributed by atoms with Crippen LogP contribution in [0.15, 0.2) is 23.8 Å². The second-order valence-electron chi connectivity index (χ2n) is 22.5. The van der Waals surface area contributed by atoms with E-state index in [1.165, 1.54) is 0 Å². The number of fused-ring (bicyclic) bond motifs is 5. The van der Waals surface area contributed by atoms with Gasteiger partial charge in [0.15, 0.2) is 25.2 Å². The van der Waals surface area contributed by atoms with Gasteiger partial charge in [0.1, 0.15) is 97.7 Å². The molecule has 7 fully saturated rings. The molecule has 2 unspecified atom stereocenters. The Morgan fingerprint density at radius 1 is 0.630 bits per heavy atom. The lowest BCUT2D eigenvalue weighted by Crippen LogP contribution is -2.67. The predicted molar refractivity (Wildman–Crippen MR) is 248 cm³/mol. The van der Waals surface area contributed by atoms with Crippen molar-refractivity contribution in [3.63, 3.8) is 0 Å². The van der Waals surface area contributed by atoms with Crippen molar-refractivity contribution in [3.05, 3.63) is 23.8 Å². The molecule has 0 radical (unpaired) electrons. The molecule has 420 valence electrons. The van der Waals surface area contributed by atoms with Gasteiger partial charge in [0.2, 0.25) is 0 Å². The Bertz CT molecular complexity index is 1860. The van der Waals surface area contributed by atoms with E-state index < -0.39 is 167 Å². The lowest BCUT2D eigenvalue weighted by atomic mass is 9.46. The molecule has 8 rings (SSSR count). The summed E-state index contributed by atoms with van der Waals surface area (Å²) >= 11 is 0. The van der Waals surface area contributed by atoms with Crippen LogP contribution in [0.5, 0.6) is 0 Å². The fourth-order valence-corrected chi connectivity index (χ4v) is 13.9. The van der Waals surface area contributed by atoms with E-state index in [4.69, 9.17) is 37.9 Å². The SMILES string of the molecule is CCC(C)/C=C/[C@@H](CO)C1C[C@H](O)[C@H]2[C@@H]3CC=C4[C@@H](O)[C@@H](O[C@@H]5O[C@H](CO)[C@@H](O[C@@H]6O[C@H](CO)[C@H](O)[C@H](O)[C@H]6O)[C@H](O[C@@H]6OC[C@@H](O)[C@@H](O)[C@@H]6O[C@@H]6O[C@H](CO)[C@H](O)[C@H](O)[C@H]6O)[C@H]5O)CC[C@]4(C)[C@H]3CC[C@]12C. The number of allylic oxidation sites excluding steroid dienone is 2. The van der Waals surface area contributed by atoms with E-state index in [0.29, 0.717) is 25.2 Å². The minimum absolute atomic E-state index is 0.00453. The van der Waals surface area contributed by atoms with Gasteiger partial charge in [0.05, 0.1) is 38.6 Å². The Kier molecular flexibility index (Phi) is 18.6. The van der Waals surface area contributed by atoms with Crippen molar-refractivity contribution in [1.82, 2.24) is 0 Å². The lowest BCUT2D eigenvalue weighted by molar-refractivity contribution is -0.397. The van der Waals surface area contributed by atoms with E-state index in [1.54, 1.807) is 0 Å². The molecule has 23 nitrogen and oxygen atoms in total. The summed E-state index contributed by atoms with van der Waals surface area (Å²) in [5.41, 5.74) is 0.0324. The molecule has 0 spiro atoms. The molecule has 73 heavy (non-hydrogen) atoms. The second kappa shape index (κ2) is 23.5. The maximum atomic E-state index is 12.3. The molecule has 23 heteroatoms. The summed E-state index contributed by atoms with van der Waals surface area (Å²) in [5, 5.41) is 163. The summed E-state index contributed by atoms with van der Waals surface area (Å²) in [6, 6.07) is 0. The standard InChI is InChI=1S/C50H82O23/c1-5-20(2)6-7-21(15-51)25-14-26(55)32-22-8-9-24-33(57)28(11-13-49(24,3)23(22)10-12-50(25,32)4)67-47-41(65)43(42(31(18-54)70-47)71-45-39(63)37(61)35(59)29(16-52)68-45)72-48-44(34(58)27(56)19-66-48)73-46-40(64)38(62)36(60)30(17-53)69-46/h6-7,9,20-23,25-48,51-65H,5,8,10-19H2,1-4H3/b7-6+/t20?,21-,22+,23-,25?,26-,27+,28-,29+,30+,31+,32+,33+,34+,35-,36-,37-,38-,39+,40+,41+,42+,43+,44-,45-,46-,47+,48-,49+,50+/m0/s1. The van der Waals surface area contributed by atoms with Crippen LogP contribution in [0.3, 0.4) is 0 Å². The highest BCUT2D eigenvalue weighted by Gasteiger charge is 2.64. The minimum Gasteiger partial charge on any atom is -0.396 e. The number of aliphatic hydroxyl groups excluding tert-OH is 15. The minimum atomic E-state index is -1.98. The Balaban J connectivity index is 1.04. The zero-order valence-electron chi connectivity index (χ0n) is 41.9. The van der Waals surface area contributed by atoms with E-state index in [9.17, 15) is 76.6 Å². The quantitative estimate of drug-likeness (QED) is 0.0656. The molecular weight excluding hydrogens is 969 g/mol. The lowest BCUT2D eigenvalue weighted by Gasteiger charge is -2.59. The molecule has 30 atom stereocenters. The van der Waals surface area contributed by atoms with Crippen molar-refractivity contribution in [3.8, 4) is 0 Å². The summed E-state index contributed by atoms with van der Waals surface area (Å²) in [6.07, 6.45) is -25.7. The molecule has 4 aliphatic heterocycles. The second-order valence-corrected chi connectivity index (χ2v) is 22.5. The average Bonchev–Trinajstić information content (AvgIpc) is 3.65. The Labute approximate surface area is 424 Å². The van der Waals surface area contributed by atoms with Gasteiger partial charge in [-0.2, -0.15) is 0 Å². The molecule has 4 heterocycles. The highest BCUT2D eigenvalue weighted by atomic mass is 16.8. The smallest absolute Gasteiger partial charge is 0.187 e. The summed E-state index contributed by atoms with van der Waals surface area (Å²) in [5.74, 6) is 0.560. The van der Waals surface area contributed by atoms with Crippen LogP contribution >= 0.6 is 0 Å². The van der Waals surface area contributed by atoms with Crippen molar-refractivity contribution in [2.45, 2.75) is 208 Å². The first-order valence-corrected chi connectivity index (χ1v) is 26.2. The van der Waals surface area contributed by atoms with Crippen LogP contribution in [0.4, 0.5) is 0 Å². The molecule has 0 bridgehead atoms. The van der Waals surface area contributed by atoms with Gasteiger partial charge < -0.3 is 114 Å². The Morgan fingerprint density at radius 2 is 1.21 bits per heavy atom. The molecule has 4 aliphatic carbocycles. The zero-order chi connectivity index (χ0) is 53.0. The number of ether oxygens (including phenoxy) is 8. The predicted octanol–water partition coefficient (Wildman–Crippen LogP) is -3.99. The summed E-state index contributed by atoms with van der Waals surface area (Å²) < 4.78 is 47.7. The third-order valence-electron chi connectivity index (χ3n) is 18.4. The van der Waals surface area contributed by atoms with E-state index in [2.05, 4.69) is 39.8 Å². The van der Waals surface area contributed by atoms with Gasteiger partial charge >= 0.3 is 0 Å². The number of rotatable bonds is 16. The molecule has 4 saturated heterocycles. The van der Waals surface area contributed by atoms with Gasteiger partial charge in [0.25, 0.3) is 0 Å². The van der Waals surface area contributed by atoms with E-state index >= 15 is 0 Å². The van der Waals surface area contributed by atoms with Gasteiger partial charge in [-0.1, -0.05) is 52.3 Å². The van der Waals surface area contributed by atoms with Crippen molar-refractivity contribution in [2.24, 2.45) is 46.3 Å². The van der Waals surface area contributed by atoms with Crippen LogP contribution < -0.4 is 0 Å². The monoisotopic (exact) mass is 1050 g/mol. The molecule has 0 aromatic rings. The third kappa shape index (κ3) is 10.8. The highest BCUT2D eigenvalue weighted by Crippen LogP contribution is 2.67. The van der Waals surface area contributed by atoms with E-state index in [-0.39, 0.29) is 48.0 Å². The zero-order valence-corrected chi connectivity index (χ0v) is 41.9. The van der Waals surface area contributed by atoms with Crippen molar-refractivity contribution in [2.75, 3.05) is 33.0 Å². The third-order valence-corrected chi connectivity index (χ3v) is 18.4. The fourth-order valence-electron chi connectivity index (χ4n) is 13.9. The normalized spacial score (nSPS) is 52.2. The van der Waals surface area contributed by atoms with Crippen LogP contribution in [0.25, 0.3) is 0 Å². The summed E-state index contributed by atoms with van der Waals surface area (Å²) in [4.78, 5) is 0. The van der Waals surface area contributed by atoms with Crippen LogP contribution in [0, 0.1) is 46.3 Å². The fraction of sp³-hybridized carbons (Fsp3) is 0.920. The first-order chi connectivity index (χ1) is 34.7. The van der Waals surface area contributed by atoms with Crippen molar-refractivity contribution in [1.29, 1.82) is 0 Å². The van der Waals surface area contributed by atoms with E-state index in [1.807, 2.05) is 6.08 Å². The average molecular weight is 1050 g/mol. The molecule has 0 aromatic carbocycles. The topological polar surface area (TPSA) is 377 Å². The van der Waals surface area contributed by atoms with Crippen LogP contribution in [0.2, 0.25) is 0 Å². The maximum Gasteiger partial charge on any atom is 0.187 e. The number of hydrogen-bond donors (Lipinski definition) is 15. The maximum absolute atomic E-state index is 12.3. The van der Waals surface area contributed by atoms with Gasteiger partial charge in [-0.15, -0.1) is 0 Å². The van der Waals surface area contributed by atoms with Gasteiger partial charge in [0, 0.05) is 12.5 Å². The van der Waals surface area contributed by atoms with Crippen LogP contribution in [-0.4, -0.2) is 245 Å². The van der Waals surface area contributed by atoms with Gasteiger partial charge in [-0.05, 0) is 84.5 Å². The van der Waals surface area contributed by atoms with Crippen LogP contribution in [0.1, 0.15) is 72.6 Å². The summed E-state index contributed by atoms with van der Waals surface area (Å²) in [6.45, 7) is 5.54. The van der Waals surface area contributed by atoms with Crippen molar-refractivity contribution >= 4 is 0 Å². The molecule has 8 aliphatic rings. The highest BCUT2D eigenvalue weighted by molar-refractivity contribution is 5.30. The first kappa shape index (κ1) is 57.7. The van der Waals surface area contributed by atoms with Gasteiger partial charge in [-0.25, -0.2) is 0 Å². The number of hydrogen-bond acceptors (Lipinski definition) is 23. The van der Waals surface area contributed by atoms with Gasteiger partial charge in [-0.3, -0.25) is 0 Å². The summed E-state index contributed by atoms with van der Waals surface area (Å²) in [7, 11) is 0. The Morgan fingerprint density at radius 3 is 1.79 bits per heavy atom. The van der Waals surface area contributed by atoms with Crippen molar-refractivity contribution < 1.29 is 114 Å². The van der Waals surface area contributed by atoms with E-state index in [0.717, 1.165) is 24.8 Å². The number of aliphatic hydroxyl groups is 15.